The topological polar surface area (TPSA) is 86.6 Å². The molecule has 1 saturated heterocycles. The van der Waals surface area contributed by atoms with E-state index in [2.05, 4.69) is 5.32 Å². The van der Waals surface area contributed by atoms with E-state index in [0.29, 0.717) is 0 Å². The zero-order chi connectivity index (χ0) is 12.1. The number of carboxylic acid groups (broad SMARTS) is 2. The van der Waals surface area contributed by atoms with Gasteiger partial charge in [0.15, 0.2) is 0 Å². The van der Waals surface area contributed by atoms with Crippen molar-refractivity contribution in [3.05, 3.63) is 0 Å². The van der Waals surface area contributed by atoms with Crippen LogP contribution in [-0.2, 0) is 9.59 Å². The van der Waals surface area contributed by atoms with Gasteiger partial charge in [-0.15, -0.1) is 0 Å². The number of carbonyl (C=O) groups is 2. The smallest absolute Gasteiger partial charge is 0.481 e. The van der Waals surface area contributed by atoms with Crippen LogP contribution in [0, 0.1) is 0 Å². The van der Waals surface area contributed by atoms with Gasteiger partial charge in [-0.1, -0.05) is 0 Å². The number of hydrogen-bond donors (Lipinski definition) is 3. The molecule has 0 amide bonds. The Balaban J connectivity index is 0.000000265. The number of carboxylic acids is 2. The summed E-state index contributed by atoms with van der Waals surface area (Å²) in [5.74, 6) is -3.46. The average Bonchev–Trinajstić information content (AvgIpc) is 1.96. The highest BCUT2D eigenvalue weighted by Crippen LogP contribution is 2.13. The third-order valence-corrected chi connectivity index (χ3v) is 1.59. The number of rotatable bonds is 2. The normalized spacial score (nSPS) is 19.5. The molecule has 1 atom stereocenters. The van der Waals surface area contributed by atoms with Crippen molar-refractivity contribution < 1.29 is 33.0 Å². The Labute approximate surface area is 82.9 Å². The van der Waals surface area contributed by atoms with Crippen LogP contribution in [0.4, 0.5) is 13.2 Å². The van der Waals surface area contributed by atoms with E-state index in [0.717, 1.165) is 13.0 Å². The Bertz CT molecular complexity index is 237. The van der Waals surface area contributed by atoms with Crippen molar-refractivity contribution >= 4 is 11.9 Å². The lowest BCUT2D eigenvalue weighted by Crippen LogP contribution is -2.43. The first kappa shape index (κ1) is 13.7. The largest absolute Gasteiger partial charge is 0.490 e. The maximum absolute atomic E-state index is 10.6. The van der Waals surface area contributed by atoms with Crippen molar-refractivity contribution in [2.75, 3.05) is 6.54 Å². The first-order chi connectivity index (χ1) is 6.73. The lowest BCUT2D eigenvalue weighted by molar-refractivity contribution is -0.192. The predicted octanol–water partition coefficient (Wildman–Crippen LogP) is 0.456. The number of alkyl halides is 3. The molecule has 0 saturated carbocycles. The molecule has 0 bridgehead atoms. The van der Waals surface area contributed by atoms with Gasteiger partial charge in [0.25, 0.3) is 0 Å². The fraction of sp³-hybridized carbons (Fsp3) is 0.714. The number of halogens is 3. The van der Waals surface area contributed by atoms with Gasteiger partial charge in [0.1, 0.15) is 0 Å². The number of aliphatic carboxylic acids is 2. The van der Waals surface area contributed by atoms with Crippen molar-refractivity contribution in [3.63, 3.8) is 0 Å². The molecule has 0 aromatic carbocycles. The summed E-state index contributed by atoms with van der Waals surface area (Å²) in [5, 5.41) is 18.3. The van der Waals surface area contributed by atoms with Gasteiger partial charge in [-0.25, -0.2) is 4.79 Å². The molecular formula is C7H10F3NO4. The third kappa shape index (κ3) is 6.72. The molecule has 3 N–H and O–H groups in total. The second-order valence-corrected chi connectivity index (χ2v) is 2.84. The summed E-state index contributed by atoms with van der Waals surface area (Å²) in [5.41, 5.74) is 0. The summed E-state index contributed by atoms with van der Waals surface area (Å²) in [6.07, 6.45) is -3.79. The lowest BCUT2D eigenvalue weighted by atomic mass is 10.0. The quantitative estimate of drug-likeness (QED) is 0.640. The van der Waals surface area contributed by atoms with Gasteiger partial charge < -0.3 is 15.5 Å². The second-order valence-electron chi connectivity index (χ2n) is 2.84. The number of nitrogens with one attached hydrogen (secondary N) is 1. The van der Waals surface area contributed by atoms with E-state index in [4.69, 9.17) is 15.0 Å². The molecule has 1 heterocycles. The second kappa shape index (κ2) is 5.54. The maximum Gasteiger partial charge on any atom is 0.490 e. The van der Waals surface area contributed by atoms with E-state index in [9.17, 15) is 18.0 Å². The molecule has 1 rings (SSSR count). The standard InChI is InChI=1S/C5H9NO2.C2HF3O2/c7-5(8)3-4-1-2-6-4;3-2(4,5)1(6)7/h4,6H,1-3H2,(H,7,8);(H,6,7). The predicted molar refractivity (Wildman–Crippen MR) is 42.4 cm³/mol. The van der Waals surface area contributed by atoms with Crippen molar-refractivity contribution in [1.29, 1.82) is 0 Å². The highest BCUT2D eigenvalue weighted by atomic mass is 19.4. The fourth-order valence-electron chi connectivity index (χ4n) is 0.733. The molecule has 5 nitrogen and oxygen atoms in total. The molecule has 0 spiro atoms. The van der Waals surface area contributed by atoms with Crippen molar-refractivity contribution in [1.82, 2.24) is 5.32 Å². The molecular weight excluding hydrogens is 219 g/mol. The minimum Gasteiger partial charge on any atom is -0.481 e. The fourth-order valence-corrected chi connectivity index (χ4v) is 0.733. The summed E-state index contributed by atoms with van der Waals surface area (Å²) in [6, 6.07) is 0.257. The van der Waals surface area contributed by atoms with Crippen LogP contribution in [0.5, 0.6) is 0 Å². The summed E-state index contributed by atoms with van der Waals surface area (Å²) >= 11 is 0. The van der Waals surface area contributed by atoms with Gasteiger partial charge in [0.2, 0.25) is 0 Å². The Morgan fingerprint density at radius 3 is 1.80 bits per heavy atom. The van der Waals surface area contributed by atoms with Crippen LogP contribution in [0.2, 0.25) is 0 Å². The van der Waals surface area contributed by atoms with Crippen molar-refractivity contribution in [3.8, 4) is 0 Å². The molecule has 1 aliphatic rings. The molecule has 0 aromatic rings. The molecule has 0 radical (unpaired) electrons. The van der Waals surface area contributed by atoms with Gasteiger partial charge in [-0.05, 0) is 13.0 Å². The van der Waals surface area contributed by atoms with E-state index in [-0.39, 0.29) is 12.5 Å². The average molecular weight is 229 g/mol. The van der Waals surface area contributed by atoms with Crippen molar-refractivity contribution in [2.24, 2.45) is 0 Å². The van der Waals surface area contributed by atoms with E-state index < -0.39 is 18.1 Å². The van der Waals surface area contributed by atoms with Crippen LogP contribution in [0.3, 0.4) is 0 Å². The van der Waals surface area contributed by atoms with Gasteiger partial charge in [-0.2, -0.15) is 13.2 Å². The molecule has 15 heavy (non-hydrogen) atoms. The van der Waals surface area contributed by atoms with Gasteiger partial charge >= 0.3 is 18.1 Å². The van der Waals surface area contributed by atoms with Crippen LogP contribution in [0.25, 0.3) is 0 Å². The molecule has 0 aromatic heterocycles. The van der Waals surface area contributed by atoms with E-state index in [1.165, 1.54) is 0 Å². The zero-order valence-corrected chi connectivity index (χ0v) is 7.54. The molecule has 8 heteroatoms. The van der Waals surface area contributed by atoms with Crippen LogP contribution < -0.4 is 5.32 Å². The van der Waals surface area contributed by atoms with Crippen LogP contribution in [0.1, 0.15) is 12.8 Å². The van der Waals surface area contributed by atoms with E-state index in [1.54, 1.807) is 0 Å². The first-order valence-electron chi connectivity index (χ1n) is 3.98. The van der Waals surface area contributed by atoms with Crippen LogP contribution in [0.15, 0.2) is 0 Å². The molecule has 88 valence electrons. The summed E-state index contributed by atoms with van der Waals surface area (Å²) in [7, 11) is 0. The van der Waals surface area contributed by atoms with Crippen LogP contribution in [-0.4, -0.2) is 40.9 Å². The Morgan fingerprint density at radius 1 is 1.33 bits per heavy atom. The van der Waals surface area contributed by atoms with Gasteiger partial charge in [0.05, 0.1) is 6.42 Å². The third-order valence-electron chi connectivity index (χ3n) is 1.59. The SMILES string of the molecule is O=C(O)C(F)(F)F.O=C(O)CC1CCN1. The highest BCUT2D eigenvalue weighted by molar-refractivity contribution is 5.73. The van der Waals surface area contributed by atoms with E-state index in [1.807, 2.05) is 0 Å². The van der Waals surface area contributed by atoms with Gasteiger partial charge in [0, 0.05) is 6.04 Å². The Kier molecular flexibility index (Phi) is 5.06. The molecule has 1 fully saturated rings. The minimum absolute atomic E-state index is 0.257. The maximum atomic E-state index is 10.6. The Hall–Kier alpha value is -1.31. The first-order valence-corrected chi connectivity index (χ1v) is 3.98. The lowest BCUT2D eigenvalue weighted by Gasteiger charge is -2.25. The summed E-state index contributed by atoms with van der Waals surface area (Å²) in [4.78, 5) is 18.9. The highest BCUT2D eigenvalue weighted by Gasteiger charge is 2.38. The number of hydrogen-bond acceptors (Lipinski definition) is 3. The molecule has 0 aliphatic carbocycles. The van der Waals surface area contributed by atoms with Crippen LogP contribution >= 0.6 is 0 Å². The zero-order valence-electron chi connectivity index (χ0n) is 7.54. The monoisotopic (exact) mass is 229 g/mol. The molecule has 1 aliphatic heterocycles. The summed E-state index contributed by atoms with van der Waals surface area (Å²) < 4.78 is 31.7. The van der Waals surface area contributed by atoms with E-state index >= 15 is 0 Å². The minimum atomic E-state index is -5.08. The molecule has 1 unspecified atom stereocenters. The summed E-state index contributed by atoms with van der Waals surface area (Å²) in [6.45, 7) is 0.984. The van der Waals surface area contributed by atoms with Gasteiger partial charge in [-0.3, -0.25) is 4.79 Å². The Morgan fingerprint density at radius 2 is 1.73 bits per heavy atom. The van der Waals surface area contributed by atoms with Crippen molar-refractivity contribution in [2.45, 2.75) is 25.1 Å².